The summed E-state index contributed by atoms with van der Waals surface area (Å²) in [4.78, 5) is 4.24. The summed E-state index contributed by atoms with van der Waals surface area (Å²) < 4.78 is 15.3. The molecular formula is C13H23N3O3. The Bertz CT molecular complexity index is 361. The van der Waals surface area contributed by atoms with E-state index in [1.807, 2.05) is 6.07 Å². The molecule has 6 heteroatoms. The molecule has 0 saturated heterocycles. The number of nitrogen functional groups attached to an aromatic ring is 1. The van der Waals surface area contributed by atoms with E-state index in [0.717, 1.165) is 31.8 Å². The molecule has 0 aromatic carbocycles. The molecule has 0 aliphatic carbocycles. The molecule has 0 fully saturated rings. The number of nitrogens with two attached hydrogens (primary N) is 1. The van der Waals surface area contributed by atoms with E-state index >= 15 is 0 Å². The first kappa shape index (κ1) is 15.5. The third-order valence-corrected chi connectivity index (χ3v) is 2.54. The van der Waals surface area contributed by atoms with Crippen molar-refractivity contribution in [3.05, 3.63) is 12.1 Å². The summed E-state index contributed by atoms with van der Waals surface area (Å²) >= 11 is 0. The van der Waals surface area contributed by atoms with Gasteiger partial charge in [-0.1, -0.05) is 0 Å². The number of aromatic nitrogens is 1. The van der Waals surface area contributed by atoms with Crippen molar-refractivity contribution < 1.29 is 14.2 Å². The van der Waals surface area contributed by atoms with Crippen LogP contribution in [0.1, 0.15) is 12.8 Å². The van der Waals surface area contributed by atoms with Crippen molar-refractivity contribution in [1.29, 1.82) is 0 Å². The second-order valence-corrected chi connectivity index (χ2v) is 4.03. The Morgan fingerprint density at radius 2 is 2.00 bits per heavy atom. The summed E-state index contributed by atoms with van der Waals surface area (Å²) in [5, 5.41) is 3.22. The Hall–Kier alpha value is -1.53. The minimum Gasteiger partial charge on any atom is -0.479 e. The van der Waals surface area contributed by atoms with Gasteiger partial charge in [-0.15, -0.1) is 0 Å². The van der Waals surface area contributed by atoms with E-state index in [9.17, 15) is 0 Å². The van der Waals surface area contributed by atoms with E-state index < -0.39 is 0 Å². The quantitative estimate of drug-likeness (QED) is 0.627. The molecule has 0 aliphatic rings. The zero-order valence-electron chi connectivity index (χ0n) is 11.6. The summed E-state index contributed by atoms with van der Waals surface area (Å²) in [5.74, 6) is 1.22. The molecule has 0 radical (unpaired) electrons. The van der Waals surface area contributed by atoms with Crippen molar-refractivity contribution in [2.45, 2.75) is 12.8 Å². The molecule has 0 saturated carbocycles. The summed E-state index contributed by atoms with van der Waals surface area (Å²) in [6.07, 6.45) is 2.02. The van der Waals surface area contributed by atoms with Crippen LogP contribution in [0, 0.1) is 0 Å². The maximum atomic E-state index is 5.69. The van der Waals surface area contributed by atoms with Gasteiger partial charge < -0.3 is 25.3 Å². The van der Waals surface area contributed by atoms with Crippen molar-refractivity contribution in [2.24, 2.45) is 0 Å². The number of rotatable bonds is 10. The fourth-order valence-corrected chi connectivity index (χ4v) is 1.50. The number of hydrogen-bond donors (Lipinski definition) is 2. The van der Waals surface area contributed by atoms with Crippen LogP contribution in [0.2, 0.25) is 0 Å². The molecule has 0 bridgehead atoms. The summed E-state index contributed by atoms with van der Waals surface area (Å²) in [6.45, 7) is 2.89. The van der Waals surface area contributed by atoms with E-state index in [4.69, 9.17) is 19.9 Å². The number of ether oxygens (including phenoxy) is 3. The molecule has 108 valence electrons. The normalized spacial score (nSPS) is 10.4. The van der Waals surface area contributed by atoms with Gasteiger partial charge in [-0.25, -0.2) is 0 Å². The van der Waals surface area contributed by atoms with Gasteiger partial charge in [-0.2, -0.15) is 4.98 Å². The van der Waals surface area contributed by atoms with Crippen LogP contribution in [-0.4, -0.2) is 45.6 Å². The van der Waals surface area contributed by atoms with E-state index in [2.05, 4.69) is 10.3 Å². The fourth-order valence-electron chi connectivity index (χ4n) is 1.50. The Morgan fingerprint density at radius 3 is 2.74 bits per heavy atom. The van der Waals surface area contributed by atoms with E-state index in [0.29, 0.717) is 24.8 Å². The molecule has 1 rings (SSSR count). The van der Waals surface area contributed by atoms with Crippen LogP contribution in [0.15, 0.2) is 12.1 Å². The number of anilines is 2. The van der Waals surface area contributed by atoms with Crippen molar-refractivity contribution in [1.82, 2.24) is 4.98 Å². The smallest absolute Gasteiger partial charge is 0.238 e. The van der Waals surface area contributed by atoms with Gasteiger partial charge in [0.05, 0.1) is 26.0 Å². The summed E-state index contributed by atoms with van der Waals surface area (Å²) in [7, 11) is 3.22. The monoisotopic (exact) mass is 269 g/mol. The molecular weight excluding hydrogens is 246 g/mol. The van der Waals surface area contributed by atoms with E-state index in [1.165, 1.54) is 0 Å². The lowest BCUT2D eigenvalue weighted by atomic mass is 10.3. The lowest BCUT2D eigenvalue weighted by molar-refractivity contribution is 0.0691. The number of pyridine rings is 1. The Kier molecular flexibility index (Phi) is 7.69. The zero-order valence-corrected chi connectivity index (χ0v) is 11.6. The van der Waals surface area contributed by atoms with Gasteiger partial charge in [0.15, 0.2) is 0 Å². The first-order chi connectivity index (χ1) is 9.27. The molecule has 0 amide bonds. The molecule has 0 atom stereocenters. The first-order valence-corrected chi connectivity index (χ1v) is 6.39. The highest BCUT2D eigenvalue weighted by Gasteiger charge is 2.01. The largest absolute Gasteiger partial charge is 0.479 e. The maximum Gasteiger partial charge on any atom is 0.238 e. The SMILES string of the molecule is COCCOCCCCNc1ccc(N)c(OC)n1. The van der Waals surface area contributed by atoms with E-state index in [1.54, 1.807) is 20.3 Å². The van der Waals surface area contributed by atoms with Crippen LogP contribution in [-0.2, 0) is 9.47 Å². The fraction of sp³-hybridized carbons (Fsp3) is 0.615. The molecule has 1 heterocycles. The summed E-state index contributed by atoms with van der Waals surface area (Å²) in [5.41, 5.74) is 6.23. The average molecular weight is 269 g/mol. The Balaban J connectivity index is 2.12. The van der Waals surface area contributed by atoms with Gasteiger partial charge in [0.25, 0.3) is 0 Å². The van der Waals surface area contributed by atoms with Crippen LogP contribution in [0.3, 0.4) is 0 Å². The minimum absolute atomic E-state index is 0.452. The zero-order chi connectivity index (χ0) is 13.9. The molecule has 1 aromatic heterocycles. The van der Waals surface area contributed by atoms with Crippen molar-refractivity contribution in [3.63, 3.8) is 0 Å². The Labute approximate surface area is 114 Å². The number of methoxy groups -OCH3 is 2. The van der Waals surface area contributed by atoms with Crippen LogP contribution >= 0.6 is 0 Å². The molecule has 6 nitrogen and oxygen atoms in total. The number of nitrogens with one attached hydrogen (secondary N) is 1. The lowest BCUT2D eigenvalue weighted by Crippen LogP contribution is -2.07. The van der Waals surface area contributed by atoms with Crippen LogP contribution in [0.25, 0.3) is 0 Å². The second-order valence-electron chi connectivity index (χ2n) is 4.03. The lowest BCUT2D eigenvalue weighted by Gasteiger charge is -2.08. The van der Waals surface area contributed by atoms with E-state index in [-0.39, 0.29) is 0 Å². The standard InChI is InChI=1S/C13H23N3O3/c1-17-9-10-19-8-4-3-7-15-12-6-5-11(14)13(16-12)18-2/h5-6H,3-4,7-10,14H2,1-2H3,(H,15,16). The molecule has 19 heavy (non-hydrogen) atoms. The van der Waals surface area contributed by atoms with Crippen molar-refractivity contribution in [2.75, 3.05) is 51.6 Å². The van der Waals surface area contributed by atoms with Gasteiger partial charge in [0.2, 0.25) is 5.88 Å². The third-order valence-electron chi connectivity index (χ3n) is 2.54. The molecule has 0 unspecified atom stereocenters. The Morgan fingerprint density at radius 1 is 1.16 bits per heavy atom. The highest BCUT2D eigenvalue weighted by atomic mass is 16.5. The summed E-state index contributed by atoms with van der Waals surface area (Å²) in [6, 6.07) is 3.62. The van der Waals surface area contributed by atoms with Gasteiger partial charge in [0.1, 0.15) is 5.82 Å². The van der Waals surface area contributed by atoms with Gasteiger partial charge >= 0.3 is 0 Å². The van der Waals surface area contributed by atoms with Gasteiger partial charge in [-0.3, -0.25) is 0 Å². The van der Waals surface area contributed by atoms with Gasteiger partial charge in [-0.05, 0) is 25.0 Å². The highest BCUT2D eigenvalue weighted by molar-refractivity contribution is 5.53. The molecule has 0 aliphatic heterocycles. The predicted octanol–water partition coefficient (Wildman–Crippen LogP) is 1.53. The first-order valence-electron chi connectivity index (χ1n) is 6.39. The molecule has 1 aromatic rings. The van der Waals surface area contributed by atoms with Crippen LogP contribution < -0.4 is 15.8 Å². The minimum atomic E-state index is 0.452. The van der Waals surface area contributed by atoms with Crippen molar-refractivity contribution >= 4 is 11.5 Å². The predicted molar refractivity (Wildman–Crippen MR) is 75.6 cm³/mol. The third kappa shape index (κ3) is 6.26. The van der Waals surface area contributed by atoms with Crippen molar-refractivity contribution in [3.8, 4) is 5.88 Å². The van der Waals surface area contributed by atoms with Crippen LogP contribution in [0.4, 0.5) is 11.5 Å². The molecule has 0 spiro atoms. The second kappa shape index (κ2) is 9.41. The highest BCUT2D eigenvalue weighted by Crippen LogP contribution is 2.19. The average Bonchev–Trinajstić information content (AvgIpc) is 2.43. The topological polar surface area (TPSA) is 78.6 Å². The number of nitrogens with zero attached hydrogens (tertiary/aromatic N) is 1. The molecule has 3 N–H and O–H groups in total. The van der Waals surface area contributed by atoms with Crippen LogP contribution in [0.5, 0.6) is 5.88 Å². The number of hydrogen-bond acceptors (Lipinski definition) is 6. The maximum absolute atomic E-state index is 5.69. The van der Waals surface area contributed by atoms with Gasteiger partial charge in [0, 0.05) is 20.3 Å². The number of unbranched alkanes of at least 4 members (excludes halogenated alkanes) is 1.